The lowest BCUT2D eigenvalue weighted by Crippen LogP contribution is -2.40. The summed E-state index contributed by atoms with van der Waals surface area (Å²) in [6.45, 7) is 1.47. The molecule has 1 saturated carbocycles. The minimum atomic E-state index is 0.204. The Hall–Kier alpha value is -1.35. The molecule has 0 radical (unpaired) electrons. The van der Waals surface area contributed by atoms with Gasteiger partial charge in [-0.2, -0.15) is 0 Å². The normalized spacial score (nSPS) is 30.1. The Balaban J connectivity index is 1.49. The van der Waals surface area contributed by atoms with Crippen LogP contribution in [0.15, 0.2) is 30.3 Å². The highest BCUT2D eigenvalue weighted by Gasteiger charge is 2.28. The maximum absolute atomic E-state index is 12.2. The molecule has 0 bridgehead atoms. The van der Waals surface area contributed by atoms with Crippen LogP contribution >= 0.6 is 0 Å². The van der Waals surface area contributed by atoms with E-state index in [0.29, 0.717) is 12.5 Å². The van der Waals surface area contributed by atoms with Crippen LogP contribution in [-0.2, 0) is 9.53 Å². The van der Waals surface area contributed by atoms with Crippen LogP contribution in [0.1, 0.15) is 43.6 Å². The first-order chi connectivity index (χ1) is 9.83. The van der Waals surface area contributed by atoms with Crippen LogP contribution in [-0.4, -0.2) is 25.2 Å². The Morgan fingerprint density at radius 2 is 1.80 bits per heavy atom. The Labute approximate surface area is 120 Å². The van der Waals surface area contributed by atoms with Crippen LogP contribution in [0.2, 0.25) is 0 Å². The number of nitrogens with one attached hydrogen (secondary N) is 1. The maximum atomic E-state index is 12.2. The van der Waals surface area contributed by atoms with Crippen molar-refractivity contribution in [3.05, 3.63) is 35.9 Å². The molecule has 0 spiro atoms. The standard InChI is InChI=1S/C17H23NO2/c19-17(18-16-10-11-20-12-16)15-8-6-14(7-9-15)13-4-2-1-3-5-13/h1-5,14-16H,6-12H2,(H,18,19)/t14?,15?,16-/m1/s1. The van der Waals surface area contributed by atoms with Crippen molar-refractivity contribution in [1.82, 2.24) is 5.32 Å². The van der Waals surface area contributed by atoms with Crippen molar-refractivity contribution in [3.8, 4) is 0 Å². The van der Waals surface area contributed by atoms with Gasteiger partial charge in [0.05, 0.1) is 12.6 Å². The number of hydrogen-bond acceptors (Lipinski definition) is 2. The number of hydrogen-bond donors (Lipinski definition) is 1. The molecule has 1 amide bonds. The van der Waals surface area contributed by atoms with Gasteiger partial charge in [0.2, 0.25) is 5.91 Å². The van der Waals surface area contributed by atoms with Gasteiger partial charge in [0, 0.05) is 12.5 Å². The lowest BCUT2D eigenvalue weighted by Gasteiger charge is -2.28. The van der Waals surface area contributed by atoms with Crippen molar-refractivity contribution in [1.29, 1.82) is 0 Å². The molecule has 3 rings (SSSR count). The first kappa shape index (κ1) is 13.6. The molecule has 1 aromatic carbocycles. The molecule has 0 unspecified atom stereocenters. The molecule has 20 heavy (non-hydrogen) atoms. The lowest BCUT2D eigenvalue weighted by molar-refractivity contribution is -0.126. The van der Waals surface area contributed by atoms with E-state index in [-0.39, 0.29) is 17.9 Å². The molecule has 1 aromatic rings. The number of rotatable bonds is 3. The molecule has 2 aliphatic rings. The van der Waals surface area contributed by atoms with E-state index in [4.69, 9.17) is 4.74 Å². The van der Waals surface area contributed by atoms with Gasteiger partial charge in [-0.3, -0.25) is 4.79 Å². The van der Waals surface area contributed by atoms with Crippen LogP contribution < -0.4 is 5.32 Å². The van der Waals surface area contributed by atoms with Crippen molar-refractivity contribution < 1.29 is 9.53 Å². The van der Waals surface area contributed by atoms with Gasteiger partial charge in [-0.25, -0.2) is 0 Å². The van der Waals surface area contributed by atoms with Crippen LogP contribution in [0.4, 0.5) is 0 Å². The van der Waals surface area contributed by atoms with E-state index in [0.717, 1.165) is 38.7 Å². The first-order valence-electron chi connectivity index (χ1n) is 7.76. The second kappa shape index (κ2) is 6.40. The Morgan fingerprint density at radius 1 is 1.05 bits per heavy atom. The van der Waals surface area contributed by atoms with Gasteiger partial charge in [0.15, 0.2) is 0 Å². The third-order valence-electron chi connectivity index (χ3n) is 4.65. The van der Waals surface area contributed by atoms with Gasteiger partial charge in [0.25, 0.3) is 0 Å². The quantitative estimate of drug-likeness (QED) is 0.919. The van der Waals surface area contributed by atoms with Gasteiger partial charge >= 0.3 is 0 Å². The number of carbonyl (C=O) groups excluding carboxylic acids is 1. The van der Waals surface area contributed by atoms with E-state index in [1.165, 1.54) is 5.56 Å². The summed E-state index contributed by atoms with van der Waals surface area (Å²) in [6.07, 6.45) is 5.25. The fourth-order valence-corrected chi connectivity index (χ4v) is 3.38. The van der Waals surface area contributed by atoms with Crippen molar-refractivity contribution in [2.24, 2.45) is 5.92 Å². The molecule has 1 atom stereocenters. The van der Waals surface area contributed by atoms with E-state index < -0.39 is 0 Å². The fourth-order valence-electron chi connectivity index (χ4n) is 3.38. The molecule has 3 heteroatoms. The average Bonchev–Trinajstić information content (AvgIpc) is 3.01. The summed E-state index contributed by atoms with van der Waals surface area (Å²) < 4.78 is 5.31. The number of carbonyl (C=O) groups is 1. The van der Waals surface area contributed by atoms with Crippen LogP contribution in [0.3, 0.4) is 0 Å². The van der Waals surface area contributed by atoms with Crippen LogP contribution in [0.5, 0.6) is 0 Å². The zero-order chi connectivity index (χ0) is 13.8. The SMILES string of the molecule is O=C(N[C@@H]1CCOC1)C1CCC(c2ccccc2)CC1. The third-order valence-corrected chi connectivity index (χ3v) is 4.65. The minimum Gasteiger partial charge on any atom is -0.379 e. The van der Waals surface area contributed by atoms with Crippen LogP contribution in [0, 0.1) is 5.92 Å². The summed E-state index contributed by atoms with van der Waals surface area (Å²) in [5.74, 6) is 1.08. The molecular formula is C17H23NO2. The Bertz CT molecular complexity index is 432. The molecule has 1 aliphatic heterocycles. The molecule has 1 heterocycles. The monoisotopic (exact) mass is 273 g/mol. The zero-order valence-corrected chi connectivity index (χ0v) is 11.9. The Morgan fingerprint density at radius 3 is 2.45 bits per heavy atom. The summed E-state index contributed by atoms with van der Waals surface area (Å²) in [5, 5.41) is 3.14. The molecule has 3 nitrogen and oxygen atoms in total. The van der Waals surface area contributed by atoms with E-state index in [1.807, 2.05) is 0 Å². The van der Waals surface area contributed by atoms with Crippen LogP contribution in [0.25, 0.3) is 0 Å². The number of ether oxygens (including phenoxy) is 1. The summed E-state index contributed by atoms with van der Waals surface area (Å²) in [4.78, 5) is 12.2. The van der Waals surface area contributed by atoms with Gasteiger partial charge in [-0.15, -0.1) is 0 Å². The first-order valence-corrected chi connectivity index (χ1v) is 7.76. The largest absolute Gasteiger partial charge is 0.379 e. The summed E-state index contributed by atoms with van der Waals surface area (Å²) in [6, 6.07) is 10.9. The lowest BCUT2D eigenvalue weighted by atomic mass is 9.78. The summed E-state index contributed by atoms with van der Waals surface area (Å²) in [5.41, 5.74) is 1.43. The van der Waals surface area contributed by atoms with E-state index in [9.17, 15) is 4.79 Å². The molecule has 1 N–H and O–H groups in total. The smallest absolute Gasteiger partial charge is 0.223 e. The van der Waals surface area contributed by atoms with Gasteiger partial charge in [0.1, 0.15) is 0 Å². The average molecular weight is 273 g/mol. The molecule has 2 fully saturated rings. The van der Waals surface area contributed by atoms with Gasteiger partial charge < -0.3 is 10.1 Å². The topological polar surface area (TPSA) is 38.3 Å². The molecule has 108 valence electrons. The summed E-state index contributed by atoms with van der Waals surface area (Å²) >= 11 is 0. The molecule has 0 aromatic heterocycles. The minimum absolute atomic E-state index is 0.204. The highest BCUT2D eigenvalue weighted by molar-refractivity contribution is 5.79. The maximum Gasteiger partial charge on any atom is 0.223 e. The third kappa shape index (κ3) is 3.21. The van der Waals surface area contributed by atoms with Gasteiger partial charge in [-0.1, -0.05) is 30.3 Å². The van der Waals surface area contributed by atoms with Gasteiger partial charge in [-0.05, 0) is 43.6 Å². The predicted molar refractivity (Wildman–Crippen MR) is 78.5 cm³/mol. The van der Waals surface area contributed by atoms with Crippen molar-refractivity contribution in [2.75, 3.05) is 13.2 Å². The van der Waals surface area contributed by atoms with Crippen molar-refractivity contribution in [3.63, 3.8) is 0 Å². The zero-order valence-electron chi connectivity index (χ0n) is 11.9. The Kier molecular flexibility index (Phi) is 4.36. The fraction of sp³-hybridized carbons (Fsp3) is 0.588. The highest BCUT2D eigenvalue weighted by atomic mass is 16.5. The van der Waals surface area contributed by atoms with E-state index >= 15 is 0 Å². The predicted octanol–water partition coefficient (Wildman–Crippen LogP) is 2.87. The second-order valence-corrected chi connectivity index (χ2v) is 6.03. The molecule has 1 aliphatic carbocycles. The number of amides is 1. The number of benzene rings is 1. The molecular weight excluding hydrogens is 250 g/mol. The van der Waals surface area contributed by atoms with Crippen molar-refractivity contribution in [2.45, 2.75) is 44.1 Å². The van der Waals surface area contributed by atoms with E-state index in [1.54, 1.807) is 0 Å². The highest BCUT2D eigenvalue weighted by Crippen LogP contribution is 2.35. The van der Waals surface area contributed by atoms with E-state index in [2.05, 4.69) is 35.6 Å². The van der Waals surface area contributed by atoms with Crippen molar-refractivity contribution >= 4 is 5.91 Å². The second-order valence-electron chi connectivity index (χ2n) is 6.03. The summed E-state index contributed by atoms with van der Waals surface area (Å²) in [7, 11) is 0. The molecule has 1 saturated heterocycles.